The van der Waals surface area contributed by atoms with Crippen LogP contribution in [-0.4, -0.2) is 43.3 Å². The minimum absolute atomic E-state index is 0.0433. The molecule has 0 aliphatic carbocycles. The van der Waals surface area contributed by atoms with Crippen molar-refractivity contribution >= 4 is 5.97 Å². The van der Waals surface area contributed by atoms with Crippen molar-refractivity contribution < 1.29 is 23.7 Å². The second kappa shape index (κ2) is 2.43. The third kappa shape index (κ3) is 0.948. The Morgan fingerprint density at radius 1 is 1.38 bits per heavy atom. The highest BCUT2D eigenvalue weighted by atomic mass is 16.8. The standard InChI is InChI=1S/C8H10O5/c1-3(9)11-7-6-5-4(12-6)2-10-8(7)13-5/h4-8H,2H2,1H3. The van der Waals surface area contributed by atoms with Gasteiger partial charge in [0.2, 0.25) is 0 Å². The summed E-state index contributed by atoms with van der Waals surface area (Å²) in [5.41, 5.74) is 0. The molecule has 3 aliphatic rings. The van der Waals surface area contributed by atoms with Crippen molar-refractivity contribution in [1.82, 2.24) is 0 Å². The van der Waals surface area contributed by atoms with Crippen molar-refractivity contribution in [2.75, 3.05) is 6.61 Å². The van der Waals surface area contributed by atoms with Gasteiger partial charge in [-0.1, -0.05) is 0 Å². The lowest BCUT2D eigenvalue weighted by atomic mass is 10.0. The quantitative estimate of drug-likeness (QED) is 0.514. The van der Waals surface area contributed by atoms with Crippen molar-refractivity contribution in [3.63, 3.8) is 0 Å². The van der Waals surface area contributed by atoms with Gasteiger partial charge in [0.1, 0.15) is 18.3 Å². The van der Waals surface area contributed by atoms with E-state index < -0.39 is 6.29 Å². The van der Waals surface area contributed by atoms with Gasteiger partial charge in [0.25, 0.3) is 0 Å². The zero-order valence-electron chi connectivity index (χ0n) is 7.14. The summed E-state index contributed by atoms with van der Waals surface area (Å²) in [5, 5.41) is 0. The van der Waals surface area contributed by atoms with Crippen LogP contribution in [-0.2, 0) is 23.7 Å². The molecule has 3 heterocycles. The molecule has 0 amide bonds. The van der Waals surface area contributed by atoms with E-state index in [-0.39, 0.29) is 30.4 Å². The van der Waals surface area contributed by atoms with E-state index in [1.807, 2.05) is 0 Å². The maximum atomic E-state index is 10.8. The van der Waals surface area contributed by atoms with Crippen LogP contribution in [0.25, 0.3) is 0 Å². The van der Waals surface area contributed by atoms with Gasteiger partial charge in [-0.25, -0.2) is 0 Å². The molecule has 0 aromatic heterocycles. The molecule has 3 saturated heterocycles. The van der Waals surface area contributed by atoms with E-state index in [9.17, 15) is 4.79 Å². The number of fused-ring (bicyclic) bond motifs is 1. The molecule has 0 aromatic rings. The van der Waals surface area contributed by atoms with Crippen LogP contribution in [0, 0.1) is 0 Å². The second-order valence-corrected chi connectivity index (χ2v) is 3.52. The number of carbonyl (C=O) groups is 1. The highest BCUT2D eigenvalue weighted by Crippen LogP contribution is 2.42. The molecule has 3 fully saturated rings. The SMILES string of the molecule is CC(=O)OC1C2OCC3OC1C3O2. The predicted octanol–water partition coefficient (Wildman–Crippen LogP) is -0.559. The highest BCUT2D eigenvalue weighted by Gasteiger charge is 2.62. The monoisotopic (exact) mass is 186 g/mol. The molecule has 5 nitrogen and oxygen atoms in total. The van der Waals surface area contributed by atoms with Crippen LogP contribution in [0.2, 0.25) is 0 Å². The van der Waals surface area contributed by atoms with Gasteiger partial charge in [-0.2, -0.15) is 0 Å². The zero-order valence-corrected chi connectivity index (χ0v) is 7.14. The average molecular weight is 186 g/mol. The Bertz CT molecular complexity index is 249. The van der Waals surface area contributed by atoms with Gasteiger partial charge in [0, 0.05) is 6.92 Å². The lowest BCUT2D eigenvalue weighted by molar-refractivity contribution is -0.284. The molecule has 5 unspecified atom stereocenters. The summed E-state index contributed by atoms with van der Waals surface area (Å²) in [6.07, 6.45) is -0.787. The molecule has 5 heteroatoms. The van der Waals surface area contributed by atoms with E-state index in [4.69, 9.17) is 18.9 Å². The van der Waals surface area contributed by atoms with Gasteiger partial charge in [0.15, 0.2) is 12.4 Å². The first-order valence-corrected chi connectivity index (χ1v) is 4.35. The fourth-order valence-electron chi connectivity index (χ4n) is 2.07. The van der Waals surface area contributed by atoms with Crippen molar-refractivity contribution in [3.05, 3.63) is 0 Å². The molecule has 3 aliphatic heterocycles. The Morgan fingerprint density at radius 3 is 2.92 bits per heavy atom. The summed E-state index contributed by atoms with van der Waals surface area (Å²) < 4.78 is 21.3. The van der Waals surface area contributed by atoms with Gasteiger partial charge >= 0.3 is 5.97 Å². The van der Waals surface area contributed by atoms with Crippen LogP contribution >= 0.6 is 0 Å². The molecule has 72 valence electrons. The third-order valence-electron chi connectivity index (χ3n) is 2.63. The van der Waals surface area contributed by atoms with E-state index in [1.54, 1.807) is 0 Å². The Hall–Kier alpha value is -0.650. The summed E-state index contributed by atoms with van der Waals surface area (Å²) >= 11 is 0. The molecule has 2 bridgehead atoms. The molecule has 13 heavy (non-hydrogen) atoms. The van der Waals surface area contributed by atoms with Crippen LogP contribution in [0.5, 0.6) is 0 Å². The van der Waals surface area contributed by atoms with Crippen LogP contribution in [0.1, 0.15) is 6.92 Å². The lowest BCUT2D eigenvalue weighted by Gasteiger charge is -2.39. The molecular formula is C8H10O5. The van der Waals surface area contributed by atoms with Crippen molar-refractivity contribution in [2.24, 2.45) is 0 Å². The molecule has 0 saturated carbocycles. The summed E-state index contributed by atoms with van der Waals surface area (Å²) in [6.45, 7) is 1.92. The van der Waals surface area contributed by atoms with E-state index in [0.29, 0.717) is 6.61 Å². The van der Waals surface area contributed by atoms with E-state index in [1.165, 1.54) is 6.92 Å². The number of carbonyl (C=O) groups excluding carboxylic acids is 1. The molecule has 0 radical (unpaired) electrons. The van der Waals surface area contributed by atoms with Crippen LogP contribution in [0.4, 0.5) is 0 Å². The first kappa shape index (κ1) is 7.73. The number of rotatable bonds is 1. The Labute approximate surface area is 74.9 Å². The number of hydrogen-bond acceptors (Lipinski definition) is 5. The first-order valence-electron chi connectivity index (χ1n) is 4.35. The largest absolute Gasteiger partial charge is 0.454 e. The zero-order chi connectivity index (χ0) is 9.00. The summed E-state index contributed by atoms with van der Waals surface area (Å²) in [7, 11) is 0. The second-order valence-electron chi connectivity index (χ2n) is 3.52. The number of hydrogen-bond donors (Lipinski definition) is 0. The normalized spacial score (nSPS) is 51.3. The summed E-state index contributed by atoms with van der Waals surface area (Å²) in [4.78, 5) is 10.8. The van der Waals surface area contributed by atoms with Gasteiger partial charge in [-0.3, -0.25) is 4.79 Å². The molecule has 0 N–H and O–H groups in total. The van der Waals surface area contributed by atoms with Gasteiger partial charge in [0.05, 0.1) is 6.61 Å². The van der Waals surface area contributed by atoms with Gasteiger partial charge in [-0.15, -0.1) is 0 Å². The molecule has 0 spiro atoms. The topological polar surface area (TPSA) is 54.0 Å². The number of esters is 1. The molecule has 3 rings (SSSR count). The predicted molar refractivity (Wildman–Crippen MR) is 38.8 cm³/mol. The van der Waals surface area contributed by atoms with Crippen LogP contribution in [0.15, 0.2) is 0 Å². The minimum atomic E-state index is -0.419. The Kier molecular flexibility index (Phi) is 1.45. The van der Waals surface area contributed by atoms with Crippen LogP contribution < -0.4 is 0 Å². The fourth-order valence-corrected chi connectivity index (χ4v) is 2.07. The van der Waals surface area contributed by atoms with Gasteiger partial charge in [-0.05, 0) is 0 Å². The maximum Gasteiger partial charge on any atom is 0.303 e. The summed E-state index contributed by atoms with van der Waals surface area (Å²) in [6, 6.07) is 0. The number of ether oxygens (including phenoxy) is 4. The molecule has 0 aromatic carbocycles. The van der Waals surface area contributed by atoms with Gasteiger partial charge < -0.3 is 18.9 Å². The highest BCUT2D eigenvalue weighted by molar-refractivity contribution is 5.66. The smallest absolute Gasteiger partial charge is 0.303 e. The lowest BCUT2D eigenvalue weighted by Crippen LogP contribution is -2.56. The molecule has 5 atom stereocenters. The molecular weight excluding hydrogens is 176 g/mol. The fraction of sp³-hybridized carbons (Fsp3) is 0.875. The van der Waals surface area contributed by atoms with E-state index in [0.717, 1.165) is 0 Å². The van der Waals surface area contributed by atoms with E-state index >= 15 is 0 Å². The average Bonchev–Trinajstić information content (AvgIpc) is 2.21. The van der Waals surface area contributed by atoms with E-state index in [2.05, 4.69) is 0 Å². The van der Waals surface area contributed by atoms with Crippen molar-refractivity contribution in [2.45, 2.75) is 37.6 Å². The Morgan fingerprint density at radius 2 is 2.23 bits per heavy atom. The Balaban J connectivity index is 1.78. The van der Waals surface area contributed by atoms with Crippen molar-refractivity contribution in [1.29, 1.82) is 0 Å². The third-order valence-corrected chi connectivity index (χ3v) is 2.63. The minimum Gasteiger partial charge on any atom is -0.454 e. The first-order chi connectivity index (χ1) is 6.25. The summed E-state index contributed by atoms with van der Waals surface area (Å²) in [5.74, 6) is -0.322. The maximum absolute atomic E-state index is 10.8. The van der Waals surface area contributed by atoms with Crippen LogP contribution in [0.3, 0.4) is 0 Å². The van der Waals surface area contributed by atoms with Crippen molar-refractivity contribution in [3.8, 4) is 0 Å².